The number of thiazole rings is 1. The number of carbonyl (C=O) groups is 1. The summed E-state index contributed by atoms with van der Waals surface area (Å²) >= 11 is 1.24. The number of para-hydroxylation sites is 1. The highest BCUT2D eigenvalue weighted by atomic mass is 32.2. The molecule has 2 rings (SSSR count). The number of sulfone groups is 1. The van der Waals surface area contributed by atoms with Crippen LogP contribution in [0.3, 0.4) is 0 Å². The number of rotatable bonds is 5. The Morgan fingerprint density at radius 1 is 1.45 bits per heavy atom. The third kappa shape index (κ3) is 3.03. The summed E-state index contributed by atoms with van der Waals surface area (Å²) in [5.74, 6) is -2.46. The predicted octanol–water partition coefficient (Wildman–Crippen LogP) is 1.91. The van der Waals surface area contributed by atoms with Gasteiger partial charge in [0.15, 0.2) is 21.5 Å². The van der Waals surface area contributed by atoms with Crippen LogP contribution in [-0.2, 0) is 14.6 Å². The fourth-order valence-corrected chi connectivity index (χ4v) is 3.52. The maximum atomic E-state index is 12.0. The highest BCUT2D eigenvalue weighted by Crippen LogP contribution is 2.28. The van der Waals surface area contributed by atoms with Crippen LogP contribution in [0.2, 0.25) is 0 Å². The molecule has 0 saturated heterocycles. The van der Waals surface area contributed by atoms with E-state index >= 15 is 0 Å². The van der Waals surface area contributed by atoms with E-state index in [1.54, 1.807) is 6.07 Å². The first-order valence-corrected chi connectivity index (χ1v) is 8.59. The van der Waals surface area contributed by atoms with E-state index in [1.807, 2.05) is 24.3 Å². The molecular formula is C13H12N2O3S2. The van der Waals surface area contributed by atoms with Gasteiger partial charge in [-0.2, -0.15) is 5.26 Å². The van der Waals surface area contributed by atoms with E-state index in [1.165, 1.54) is 18.3 Å². The van der Waals surface area contributed by atoms with Crippen LogP contribution in [0, 0.1) is 11.3 Å². The molecule has 1 atom stereocenters. The molecule has 0 fully saturated rings. The summed E-state index contributed by atoms with van der Waals surface area (Å²) in [7, 11) is -3.44. The van der Waals surface area contributed by atoms with Crippen LogP contribution in [0.1, 0.15) is 17.8 Å². The van der Waals surface area contributed by atoms with E-state index in [2.05, 4.69) is 4.98 Å². The molecule has 0 radical (unpaired) electrons. The molecule has 7 heteroatoms. The molecule has 0 bridgehead atoms. The minimum atomic E-state index is -3.44. The first-order chi connectivity index (χ1) is 9.46. The van der Waals surface area contributed by atoms with Gasteiger partial charge in [-0.1, -0.05) is 19.1 Å². The Labute approximate surface area is 120 Å². The number of aromatic nitrogens is 1. The zero-order valence-corrected chi connectivity index (χ0v) is 12.4. The second-order valence-electron chi connectivity index (χ2n) is 4.22. The number of fused-ring (bicyclic) bond motifs is 1. The van der Waals surface area contributed by atoms with Crippen molar-refractivity contribution in [2.24, 2.45) is 0 Å². The summed E-state index contributed by atoms with van der Waals surface area (Å²) < 4.78 is 23.8. The number of hydrogen-bond acceptors (Lipinski definition) is 6. The molecule has 0 spiro atoms. The Morgan fingerprint density at radius 3 is 2.75 bits per heavy atom. The molecule has 0 amide bonds. The number of carbonyl (C=O) groups excluding carboxylic acids is 1. The number of hydrogen-bond donors (Lipinski definition) is 0. The van der Waals surface area contributed by atoms with Gasteiger partial charge < -0.3 is 0 Å². The molecule has 104 valence electrons. The maximum absolute atomic E-state index is 12.0. The fourth-order valence-electron chi connectivity index (χ4n) is 1.68. The fraction of sp³-hybridized carbons (Fsp3) is 0.308. The van der Waals surface area contributed by atoms with Crippen molar-refractivity contribution in [2.75, 3.05) is 11.5 Å². The lowest BCUT2D eigenvalue weighted by molar-refractivity contribution is -0.116. The minimum absolute atomic E-state index is 0.114. The number of nitriles is 1. The van der Waals surface area contributed by atoms with Gasteiger partial charge in [0.25, 0.3) is 0 Å². The second-order valence-corrected chi connectivity index (χ2v) is 7.64. The smallest absolute Gasteiger partial charge is 0.171 e. The largest absolute Gasteiger partial charge is 0.297 e. The van der Waals surface area contributed by atoms with Crippen molar-refractivity contribution in [3.05, 3.63) is 29.3 Å². The maximum Gasteiger partial charge on any atom is 0.171 e. The van der Waals surface area contributed by atoms with E-state index in [9.17, 15) is 13.2 Å². The lowest BCUT2D eigenvalue weighted by atomic mass is 10.1. The zero-order chi connectivity index (χ0) is 14.8. The summed E-state index contributed by atoms with van der Waals surface area (Å²) in [6, 6.07) is 9.15. The van der Waals surface area contributed by atoms with Gasteiger partial charge in [-0.25, -0.2) is 13.4 Å². The molecule has 0 saturated carbocycles. The highest BCUT2D eigenvalue weighted by Gasteiger charge is 2.27. The van der Waals surface area contributed by atoms with Crippen molar-refractivity contribution < 1.29 is 13.2 Å². The SMILES string of the molecule is CCS(=O)(=O)CC(=O)[C@@H](C#N)c1nc2ccccc2s1. The van der Waals surface area contributed by atoms with E-state index in [0.29, 0.717) is 10.5 Å². The zero-order valence-electron chi connectivity index (χ0n) is 10.7. The Morgan fingerprint density at radius 2 is 2.15 bits per heavy atom. The van der Waals surface area contributed by atoms with Gasteiger partial charge in [0.05, 0.1) is 16.3 Å². The van der Waals surface area contributed by atoms with Gasteiger partial charge in [-0.3, -0.25) is 4.79 Å². The van der Waals surface area contributed by atoms with Crippen LogP contribution in [0.15, 0.2) is 24.3 Å². The predicted molar refractivity (Wildman–Crippen MR) is 77.3 cm³/mol. The van der Waals surface area contributed by atoms with Gasteiger partial charge in [-0.05, 0) is 12.1 Å². The van der Waals surface area contributed by atoms with Crippen LogP contribution in [0.5, 0.6) is 0 Å². The lowest BCUT2D eigenvalue weighted by Gasteiger charge is -2.04. The molecule has 1 aromatic heterocycles. The Kier molecular flexibility index (Phi) is 4.16. The van der Waals surface area contributed by atoms with Crippen molar-refractivity contribution in [3.8, 4) is 6.07 Å². The van der Waals surface area contributed by atoms with Crippen LogP contribution in [0.25, 0.3) is 10.2 Å². The molecule has 0 unspecified atom stereocenters. The Hall–Kier alpha value is -1.78. The van der Waals surface area contributed by atoms with E-state index < -0.39 is 27.3 Å². The van der Waals surface area contributed by atoms with Crippen LogP contribution in [0.4, 0.5) is 0 Å². The van der Waals surface area contributed by atoms with Crippen LogP contribution in [-0.4, -0.2) is 30.7 Å². The normalized spacial score (nSPS) is 13.0. The summed E-state index contributed by atoms with van der Waals surface area (Å²) in [5.41, 5.74) is 0.707. The number of Topliss-reactive ketones (excluding diaryl/α,β-unsaturated/α-hetero) is 1. The first kappa shape index (κ1) is 14.6. The molecule has 5 nitrogen and oxygen atoms in total. The lowest BCUT2D eigenvalue weighted by Crippen LogP contribution is -2.22. The number of ketones is 1. The van der Waals surface area contributed by atoms with Gasteiger partial charge >= 0.3 is 0 Å². The molecule has 0 aliphatic heterocycles. The van der Waals surface area contributed by atoms with Crippen LogP contribution < -0.4 is 0 Å². The monoisotopic (exact) mass is 308 g/mol. The van der Waals surface area contributed by atoms with E-state index in [0.717, 1.165) is 4.70 Å². The standard InChI is InChI=1S/C13H12N2O3S2/c1-2-20(17,18)8-11(16)9(7-14)13-15-10-5-3-4-6-12(10)19-13/h3-6,9H,2,8H2,1H3/t9-/m1/s1. The molecule has 0 aliphatic rings. The molecule has 1 aromatic carbocycles. The molecule has 20 heavy (non-hydrogen) atoms. The first-order valence-electron chi connectivity index (χ1n) is 5.95. The van der Waals surface area contributed by atoms with Crippen molar-refractivity contribution in [2.45, 2.75) is 12.8 Å². The summed E-state index contributed by atoms with van der Waals surface area (Å²) in [6.45, 7) is 1.47. The molecule has 0 N–H and O–H groups in total. The highest BCUT2D eigenvalue weighted by molar-refractivity contribution is 7.92. The molecule has 1 heterocycles. The topological polar surface area (TPSA) is 87.9 Å². The molecular weight excluding hydrogens is 296 g/mol. The summed E-state index contributed by atoms with van der Waals surface area (Å²) in [6.07, 6.45) is 0. The summed E-state index contributed by atoms with van der Waals surface area (Å²) in [5, 5.41) is 9.50. The van der Waals surface area contributed by atoms with Crippen molar-refractivity contribution in [3.63, 3.8) is 0 Å². The van der Waals surface area contributed by atoms with Gasteiger partial charge in [0.2, 0.25) is 0 Å². The van der Waals surface area contributed by atoms with Gasteiger partial charge in [-0.15, -0.1) is 11.3 Å². The van der Waals surface area contributed by atoms with Crippen molar-refractivity contribution in [1.29, 1.82) is 5.26 Å². The summed E-state index contributed by atoms with van der Waals surface area (Å²) in [4.78, 5) is 16.2. The quantitative estimate of drug-likeness (QED) is 0.842. The Bertz CT molecular complexity index is 754. The van der Waals surface area contributed by atoms with Crippen molar-refractivity contribution in [1.82, 2.24) is 4.98 Å². The number of nitrogens with zero attached hydrogens (tertiary/aromatic N) is 2. The van der Waals surface area contributed by atoms with Crippen LogP contribution >= 0.6 is 11.3 Å². The van der Waals surface area contributed by atoms with Gasteiger partial charge in [0, 0.05) is 5.75 Å². The third-order valence-corrected chi connectivity index (χ3v) is 5.52. The van der Waals surface area contributed by atoms with Gasteiger partial charge in [0.1, 0.15) is 10.8 Å². The average Bonchev–Trinajstić information content (AvgIpc) is 2.82. The Balaban J connectivity index is 2.33. The second kappa shape index (κ2) is 5.69. The van der Waals surface area contributed by atoms with E-state index in [-0.39, 0.29) is 5.75 Å². The van der Waals surface area contributed by atoms with Crippen molar-refractivity contribution >= 4 is 37.2 Å². The minimum Gasteiger partial charge on any atom is -0.297 e. The number of benzene rings is 1. The third-order valence-electron chi connectivity index (χ3n) is 2.81. The average molecular weight is 308 g/mol. The molecule has 0 aliphatic carbocycles. The molecule has 2 aromatic rings. The van der Waals surface area contributed by atoms with E-state index in [4.69, 9.17) is 5.26 Å².